The van der Waals surface area contributed by atoms with Gasteiger partial charge in [-0.25, -0.2) is 0 Å². The normalized spacial score (nSPS) is 11.0. The van der Waals surface area contributed by atoms with E-state index in [9.17, 15) is 4.79 Å². The third kappa shape index (κ3) is 2.57. The maximum atomic E-state index is 12.5. The molecule has 0 bridgehead atoms. The van der Waals surface area contributed by atoms with Crippen molar-refractivity contribution >= 4 is 28.3 Å². The summed E-state index contributed by atoms with van der Waals surface area (Å²) in [4.78, 5) is 16.9. The number of hydrogen-bond acceptors (Lipinski definition) is 4. The van der Waals surface area contributed by atoms with Crippen LogP contribution in [-0.4, -0.2) is 31.0 Å². The Kier molecular flexibility index (Phi) is 3.59. The van der Waals surface area contributed by atoms with Gasteiger partial charge >= 0.3 is 0 Å². The number of para-hydroxylation sites is 1. The highest BCUT2D eigenvalue weighted by molar-refractivity contribution is 6.33. The molecule has 118 valence electrons. The van der Waals surface area contributed by atoms with Gasteiger partial charge < -0.3 is 4.98 Å². The van der Waals surface area contributed by atoms with Crippen LogP contribution in [0.2, 0.25) is 5.02 Å². The highest BCUT2D eigenvalue weighted by Gasteiger charge is 2.15. The molecule has 0 spiro atoms. The van der Waals surface area contributed by atoms with Crippen LogP contribution in [0.4, 0.5) is 0 Å². The zero-order valence-electron chi connectivity index (χ0n) is 12.5. The number of Topliss-reactive ketones (excluding diaryl/α,β-unsaturated/α-hetero) is 1. The number of aromatic amines is 1. The van der Waals surface area contributed by atoms with Crippen molar-refractivity contribution in [2.75, 3.05) is 0 Å². The second-order valence-electron chi connectivity index (χ2n) is 5.29. The number of H-pyrrole nitrogens is 1. The monoisotopic (exact) mass is 337 g/mol. The molecular formula is C17H12ClN5O. The summed E-state index contributed by atoms with van der Waals surface area (Å²) in [7, 11) is 0. The van der Waals surface area contributed by atoms with Crippen LogP contribution in [0.25, 0.3) is 22.3 Å². The summed E-state index contributed by atoms with van der Waals surface area (Å²) in [5, 5.41) is 13.6. The molecule has 7 heteroatoms. The summed E-state index contributed by atoms with van der Waals surface area (Å²) in [6.45, 7) is 0.0132. The van der Waals surface area contributed by atoms with Crippen LogP contribution < -0.4 is 0 Å². The average molecular weight is 338 g/mol. The quantitative estimate of drug-likeness (QED) is 0.579. The smallest absolute Gasteiger partial charge is 0.206 e. The fourth-order valence-electron chi connectivity index (χ4n) is 2.58. The number of hydrogen-bond donors (Lipinski definition) is 1. The lowest BCUT2D eigenvalue weighted by Crippen LogP contribution is -2.13. The average Bonchev–Trinajstić information content (AvgIpc) is 3.22. The molecule has 6 nitrogen and oxygen atoms in total. The summed E-state index contributed by atoms with van der Waals surface area (Å²) in [6, 6.07) is 14.9. The summed E-state index contributed by atoms with van der Waals surface area (Å²) < 4.78 is 0. The van der Waals surface area contributed by atoms with Crippen molar-refractivity contribution < 1.29 is 4.79 Å². The molecule has 2 heterocycles. The predicted octanol–water partition coefficient (Wildman–Crippen LogP) is 3.36. The van der Waals surface area contributed by atoms with Gasteiger partial charge in [0.2, 0.25) is 5.82 Å². The Morgan fingerprint density at radius 1 is 1.12 bits per heavy atom. The predicted molar refractivity (Wildman–Crippen MR) is 90.9 cm³/mol. The SMILES string of the molecule is O=C(Cn1nnc(-c2ccccc2Cl)n1)c1c[nH]c2ccccc12. The van der Waals surface area contributed by atoms with Crippen LogP contribution in [0.15, 0.2) is 54.7 Å². The van der Waals surface area contributed by atoms with Gasteiger partial charge in [-0.15, -0.1) is 10.2 Å². The van der Waals surface area contributed by atoms with Crippen molar-refractivity contribution in [1.29, 1.82) is 0 Å². The van der Waals surface area contributed by atoms with E-state index in [4.69, 9.17) is 11.6 Å². The molecular weight excluding hydrogens is 326 g/mol. The minimum Gasteiger partial charge on any atom is -0.360 e. The fourth-order valence-corrected chi connectivity index (χ4v) is 2.80. The standard InChI is InChI=1S/C17H12ClN5O/c18-14-7-3-1-6-12(14)17-20-22-23(21-17)10-16(24)13-9-19-15-8-4-2-5-11(13)15/h1-9,19H,10H2. The summed E-state index contributed by atoms with van der Waals surface area (Å²) in [5.41, 5.74) is 2.22. The molecule has 1 N–H and O–H groups in total. The molecule has 0 aliphatic heterocycles. The topological polar surface area (TPSA) is 76.5 Å². The van der Waals surface area contributed by atoms with Crippen LogP contribution in [0.5, 0.6) is 0 Å². The highest BCUT2D eigenvalue weighted by Crippen LogP contribution is 2.24. The van der Waals surface area contributed by atoms with Crippen LogP contribution in [0.1, 0.15) is 10.4 Å². The number of tetrazole rings is 1. The first-order valence-corrected chi connectivity index (χ1v) is 7.72. The van der Waals surface area contributed by atoms with Gasteiger partial charge in [-0.2, -0.15) is 4.80 Å². The van der Waals surface area contributed by atoms with Gasteiger partial charge in [0.15, 0.2) is 5.78 Å². The Balaban J connectivity index is 1.60. The molecule has 24 heavy (non-hydrogen) atoms. The van der Waals surface area contributed by atoms with Gasteiger partial charge in [-0.05, 0) is 23.4 Å². The molecule has 0 radical (unpaired) electrons. The Labute approximate surface area is 142 Å². The third-order valence-electron chi connectivity index (χ3n) is 3.74. The van der Waals surface area contributed by atoms with Crippen molar-refractivity contribution in [2.24, 2.45) is 0 Å². The van der Waals surface area contributed by atoms with Crippen molar-refractivity contribution in [2.45, 2.75) is 6.54 Å². The fraction of sp³-hybridized carbons (Fsp3) is 0.0588. The summed E-state index contributed by atoms with van der Waals surface area (Å²) in [6.07, 6.45) is 1.71. The van der Waals surface area contributed by atoms with Gasteiger partial charge in [0.05, 0.1) is 5.02 Å². The van der Waals surface area contributed by atoms with E-state index in [2.05, 4.69) is 20.4 Å². The van der Waals surface area contributed by atoms with Crippen molar-refractivity contribution in [1.82, 2.24) is 25.2 Å². The second-order valence-corrected chi connectivity index (χ2v) is 5.70. The Morgan fingerprint density at radius 3 is 2.79 bits per heavy atom. The summed E-state index contributed by atoms with van der Waals surface area (Å²) >= 11 is 6.13. The van der Waals surface area contributed by atoms with Crippen LogP contribution in [0.3, 0.4) is 0 Å². The number of carbonyl (C=O) groups excluding carboxylic acids is 1. The number of halogens is 1. The lowest BCUT2D eigenvalue weighted by Gasteiger charge is -1.99. The van der Waals surface area contributed by atoms with E-state index in [1.54, 1.807) is 12.3 Å². The Hall–Kier alpha value is -2.99. The second kappa shape index (κ2) is 5.90. The minimum absolute atomic E-state index is 0.0132. The molecule has 0 unspecified atom stereocenters. The molecule has 0 amide bonds. The van der Waals surface area contributed by atoms with E-state index in [-0.39, 0.29) is 12.3 Å². The molecule has 4 aromatic rings. The first-order chi connectivity index (χ1) is 11.7. The van der Waals surface area contributed by atoms with E-state index in [1.165, 1.54) is 4.80 Å². The van der Waals surface area contributed by atoms with Crippen LogP contribution in [0, 0.1) is 0 Å². The maximum absolute atomic E-state index is 12.5. The van der Waals surface area contributed by atoms with E-state index in [1.807, 2.05) is 42.5 Å². The van der Waals surface area contributed by atoms with Crippen molar-refractivity contribution in [3.05, 3.63) is 65.3 Å². The molecule has 0 aliphatic carbocycles. The van der Waals surface area contributed by atoms with E-state index in [0.717, 1.165) is 10.9 Å². The van der Waals surface area contributed by atoms with E-state index in [0.29, 0.717) is 22.0 Å². The molecule has 0 aliphatic rings. The molecule has 0 atom stereocenters. The number of fused-ring (bicyclic) bond motifs is 1. The molecule has 0 saturated carbocycles. The zero-order chi connectivity index (χ0) is 16.5. The Morgan fingerprint density at radius 2 is 1.92 bits per heavy atom. The number of carbonyl (C=O) groups is 1. The molecule has 0 saturated heterocycles. The van der Waals surface area contributed by atoms with Gasteiger partial charge in [0, 0.05) is 28.2 Å². The maximum Gasteiger partial charge on any atom is 0.206 e. The number of nitrogens with zero attached hydrogens (tertiary/aromatic N) is 4. The molecule has 0 fully saturated rings. The lowest BCUT2D eigenvalue weighted by molar-refractivity contribution is 0.0963. The van der Waals surface area contributed by atoms with Crippen LogP contribution in [-0.2, 0) is 6.54 Å². The number of ketones is 1. The van der Waals surface area contributed by atoms with E-state index < -0.39 is 0 Å². The first-order valence-electron chi connectivity index (χ1n) is 7.34. The zero-order valence-corrected chi connectivity index (χ0v) is 13.2. The molecule has 2 aromatic heterocycles. The summed E-state index contributed by atoms with van der Waals surface area (Å²) in [5.74, 6) is 0.308. The molecule has 4 rings (SSSR count). The number of aromatic nitrogens is 5. The van der Waals surface area contributed by atoms with Gasteiger partial charge in [-0.1, -0.05) is 41.9 Å². The lowest BCUT2D eigenvalue weighted by atomic mass is 10.1. The van der Waals surface area contributed by atoms with Crippen LogP contribution >= 0.6 is 11.6 Å². The molecule has 2 aromatic carbocycles. The number of nitrogens with one attached hydrogen (secondary N) is 1. The van der Waals surface area contributed by atoms with E-state index >= 15 is 0 Å². The largest absolute Gasteiger partial charge is 0.360 e. The highest BCUT2D eigenvalue weighted by atomic mass is 35.5. The minimum atomic E-state index is -0.0874. The van der Waals surface area contributed by atoms with Gasteiger partial charge in [0.1, 0.15) is 6.54 Å². The first kappa shape index (κ1) is 14.6. The number of benzene rings is 2. The van der Waals surface area contributed by atoms with Crippen molar-refractivity contribution in [3.63, 3.8) is 0 Å². The number of rotatable bonds is 4. The van der Waals surface area contributed by atoms with Gasteiger partial charge in [-0.3, -0.25) is 4.79 Å². The third-order valence-corrected chi connectivity index (χ3v) is 4.07. The van der Waals surface area contributed by atoms with Crippen molar-refractivity contribution in [3.8, 4) is 11.4 Å². The van der Waals surface area contributed by atoms with Gasteiger partial charge in [0.25, 0.3) is 0 Å². The Bertz CT molecular complexity index is 1040.